The Bertz CT molecular complexity index is 681. The van der Waals surface area contributed by atoms with Gasteiger partial charge in [0.15, 0.2) is 6.61 Å². The first-order valence-corrected chi connectivity index (χ1v) is 7.12. The van der Waals surface area contributed by atoms with Gasteiger partial charge in [0.2, 0.25) is 0 Å². The number of hydrogen-bond acceptors (Lipinski definition) is 3. The molecular formula is C15H11Cl2F2NO3. The number of ether oxygens (including phenoxy) is 2. The lowest BCUT2D eigenvalue weighted by atomic mass is 10.3. The minimum atomic E-state index is -2.90. The third-order valence-electron chi connectivity index (χ3n) is 2.62. The number of alkyl halides is 2. The van der Waals surface area contributed by atoms with E-state index in [1.807, 2.05) is 0 Å². The summed E-state index contributed by atoms with van der Waals surface area (Å²) in [6.07, 6.45) is 0. The maximum atomic E-state index is 12.0. The lowest BCUT2D eigenvalue weighted by molar-refractivity contribution is -0.118. The molecule has 2 aromatic rings. The van der Waals surface area contributed by atoms with Gasteiger partial charge in [-0.1, -0.05) is 23.2 Å². The topological polar surface area (TPSA) is 47.6 Å². The normalized spacial score (nSPS) is 10.5. The largest absolute Gasteiger partial charge is 0.482 e. The number of hydrogen-bond donors (Lipinski definition) is 1. The highest BCUT2D eigenvalue weighted by Gasteiger charge is 2.08. The van der Waals surface area contributed by atoms with Crippen molar-refractivity contribution >= 4 is 34.8 Å². The maximum absolute atomic E-state index is 12.0. The van der Waals surface area contributed by atoms with Crippen molar-refractivity contribution in [1.82, 2.24) is 0 Å². The summed E-state index contributed by atoms with van der Waals surface area (Å²) in [4.78, 5) is 11.8. The molecule has 0 aliphatic carbocycles. The molecule has 0 bridgehead atoms. The molecule has 122 valence electrons. The quantitative estimate of drug-likeness (QED) is 0.816. The first kappa shape index (κ1) is 17.3. The lowest BCUT2D eigenvalue weighted by Crippen LogP contribution is -2.20. The molecule has 8 heteroatoms. The van der Waals surface area contributed by atoms with E-state index < -0.39 is 12.5 Å². The van der Waals surface area contributed by atoms with Gasteiger partial charge >= 0.3 is 6.61 Å². The number of halogens is 4. The van der Waals surface area contributed by atoms with Gasteiger partial charge < -0.3 is 14.8 Å². The number of benzene rings is 2. The van der Waals surface area contributed by atoms with Gasteiger partial charge in [-0.15, -0.1) is 0 Å². The van der Waals surface area contributed by atoms with Gasteiger partial charge in [0.1, 0.15) is 11.5 Å². The Morgan fingerprint density at radius 3 is 2.43 bits per heavy atom. The van der Waals surface area contributed by atoms with E-state index in [0.717, 1.165) is 0 Å². The van der Waals surface area contributed by atoms with E-state index in [-0.39, 0.29) is 12.4 Å². The van der Waals surface area contributed by atoms with Crippen LogP contribution in [0.4, 0.5) is 14.5 Å². The monoisotopic (exact) mass is 361 g/mol. The summed E-state index contributed by atoms with van der Waals surface area (Å²) in [5.41, 5.74) is 0.419. The zero-order valence-electron chi connectivity index (χ0n) is 11.6. The molecular weight excluding hydrogens is 351 g/mol. The summed E-state index contributed by atoms with van der Waals surface area (Å²) < 4.78 is 33.5. The van der Waals surface area contributed by atoms with Gasteiger partial charge in [0.25, 0.3) is 5.91 Å². The van der Waals surface area contributed by atoms with Crippen LogP contribution in [0.2, 0.25) is 10.0 Å². The van der Waals surface area contributed by atoms with Crippen LogP contribution in [0.1, 0.15) is 0 Å². The maximum Gasteiger partial charge on any atom is 0.387 e. The molecule has 0 atom stereocenters. The second kappa shape index (κ2) is 7.99. The number of anilines is 1. The molecule has 0 aliphatic heterocycles. The van der Waals surface area contributed by atoms with Crippen molar-refractivity contribution < 1.29 is 23.0 Å². The number of carbonyl (C=O) groups excluding carboxylic acids is 1. The standard InChI is InChI=1S/C15H11Cl2F2NO3/c16-9-1-6-13(12(17)7-9)22-8-14(21)20-10-2-4-11(5-3-10)23-15(18)19/h1-7,15H,8H2,(H,20,21). The summed E-state index contributed by atoms with van der Waals surface area (Å²) in [6.45, 7) is -3.16. The molecule has 2 rings (SSSR count). The SMILES string of the molecule is O=C(COc1ccc(Cl)cc1Cl)Nc1ccc(OC(F)F)cc1. The van der Waals surface area contributed by atoms with Crippen LogP contribution >= 0.6 is 23.2 Å². The molecule has 0 saturated carbocycles. The Kier molecular flexibility index (Phi) is 6.01. The molecule has 0 heterocycles. The fourth-order valence-electron chi connectivity index (χ4n) is 1.65. The van der Waals surface area contributed by atoms with Crippen LogP contribution in [0.5, 0.6) is 11.5 Å². The Balaban J connectivity index is 1.87. The van der Waals surface area contributed by atoms with E-state index in [0.29, 0.717) is 21.5 Å². The summed E-state index contributed by atoms with van der Waals surface area (Å²) >= 11 is 11.7. The number of rotatable bonds is 6. The van der Waals surface area contributed by atoms with Crippen molar-refractivity contribution in [3.63, 3.8) is 0 Å². The van der Waals surface area contributed by atoms with Gasteiger partial charge in [-0.3, -0.25) is 4.79 Å². The number of nitrogens with one attached hydrogen (secondary N) is 1. The predicted molar refractivity (Wildman–Crippen MR) is 83.7 cm³/mol. The van der Waals surface area contributed by atoms with E-state index in [1.165, 1.54) is 30.3 Å². The van der Waals surface area contributed by atoms with Crippen molar-refractivity contribution in [3.8, 4) is 11.5 Å². The van der Waals surface area contributed by atoms with Gasteiger partial charge in [0.05, 0.1) is 5.02 Å². The Morgan fingerprint density at radius 2 is 1.83 bits per heavy atom. The van der Waals surface area contributed by atoms with Gasteiger partial charge in [0, 0.05) is 10.7 Å². The molecule has 0 unspecified atom stereocenters. The average molecular weight is 362 g/mol. The molecule has 23 heavy (non-hydrogen) atoms. The van der Waals surface area contributed by atoms with Crippen LogP contribution in [0.25, 0.3) is 0 Å². The Morgan fingerprint density at radius 1 is 1.13 bits per heavy atom. The van der Waals surface area contributed by atoms with E-state index in [2.05, 4.69) is 10.1 Å². The van der Waals surface area contributed by atoms with Crippen LogP contribution in [0.15, 0.2) is 42.5 Å². The second-order valence-corrected chi connectivity index (χ2v) is 5.16. The van der Waals surface area contributed by atoms with Crippen LogP contribution < -0.4 is 14.8 Å². The summed E-state index contributed by atoms with van der Waals surface area (Å²) in [6, 6.07) is 10.1. The minimum absolute atomic E-state index is 0.00203. The van der Waals surface area contributed by atoms with Gasteiger partial charge in [-0.05, 0) is 42.5 Å². The van der Waals surface area contributed by atoms with Crippen molar-refractivity contribution in [2.45, 2.75) is 6.61 Å². The Hall–Kier alpha value is -2.05. The summed E-state index contributed by atoms with van der Waals surface area (Å²) in [5, 5.41) is 3.29. The van der Waals surface area contributed by atoms with E-state index in [4.69, 9.17) is 27.9 Å². The first-order chi connectivity index (χ1) is 10.9. The number of carbonyl (C=O) groups is 1. The van der Waals surface area contributed by atoms with Crippen LogP contribution in [-0.2, 0) is 4.79 Å². The molecule has 0 saturated heterocycles. The minimum Gasteiger partial charge on any atom is -0.482 e. The molecule has 4 nitrogen and oxygen atoms in total. The van der Waals surface area contributed by atoms with Crippen LogP contribution in [-0.4, -0.2) is 19.1 Å². The third kappa shape index (κ3) is 5.58. The molecule has 2 aromatic carbocycles. The molecule has 1 amide bonds. The van der Waals surface area contributed by atoms with Gasteiger partial charge in [-0.2, -0.15) is 8.78 Å². The average Bonchev–Trinajstić information content (AvgIpc) is 2.48. The fourth-order valence-corrected chi connectivity index (χ4v) is 2.12. The molecule has 0 fully saturated rings. The van der Waals surface area contributed by atoms with Crippen LogP contribution in [0, 0.1) is 0 Å². The number of amides is 1. The lowest BCUT2D eigenvalue weighted by Gasteiger charge is -2.09. The van der Waals surface area contributed by atoms with Crippen LogP contribution in [0.3, 0.4) is 0 Å². The fraction of sp³-hybridized carbons (Fsp3) is 0.133. The van der Waals surface area contributed by atoms with Gasteiger partial charge in [-0.25, -0.2) is 0 Å². The molecule has 1 N–H and O–H groups in total. The highest BCUT2D eigenvalue weighted by molar-refractivity contribution is 6.35. The highest BCUT2D eigenvalue weighted by atomic mass is 35.5. The van der Waals surface area contributed by atoms with E-state index in [1.54, 1.807) is 12.1 Å². The predicted octanol–water partition coefficient (Wildman–Crippen LogP) is 4.61. The summed E-state index contributed by atoms with van der Waals surface area (Å²) in [5.74, 6) is -0.104. The van der Waals surface area contributed by atoms with Crippen molar-refractivity contribution in [2.75, 3.05) is 11.9 Å². The zero-order chi connectivity index (χ0) is 16.8. The van der Waals surface area contributed by atoms with E-state index in [9.17, 15) is 13.6 Å². The summed E-state index contributed by atoms with van der Waals surface area (Å²) in [7, 11) is 0. The van der Waals surface area contributed by atoms with Crippen molar-refractivity contribution in [2.24, 2.45) is 0 Å². The highest BCUT2D eigenvalue weighted by Crippen LogP contribution is 2.27. The molecule has 0 radical (unpaired) electrons. The molecule has 0 aromatic heterocycles. The smallest absolute Gasteiger partial charge is 0.387 e. The van der Waals surface area contributed by atoms with Crippen molar-refractivity contribution in [3.05, 3.63) is 52.5 Å². The molecule has 0 aliphatic rings. The first-order valence-electron chi connectivity index (χ1n) is 6.36. The second-order valence-electron chi connectivity index (χ2n) is 4.31. The zero-order valence-corrected chi connectivity index (χ0v) is 13.1. The Labute approximate surface area is 140 Å². The third-order valence-corrected chi connectivity index (χ3v) is 3.15. The molecule has 0 spiro atoms. The van der Waals surface area contributed by atoms with Crippen molar-refractivity contribution in [1.29, 1.82) is 0 Å². The van der Waals surface area contributed by atoms with E-state index >= 15 is 0 Å².